The van der Waals surface area contributed by atoms with Gasteiger partial charge in [0.1, 0.15) is 6.54 Å². The van der Waals surface area contributed by atoms with Gasteiger partial charge in [-0.25, -0.2) is 10.1 Å². The van der Waals surface area contributed by atoms with Gasteiger partial charge >= 0.3 is 0 Å². The maximum atomic E-state index is 10.4. The van der Waals surface area contributed by atoms with E-state index in [0.717, 1.165) is 16.3 Å². The third-order valence-electron chi connectivity index (χ3n) is 2.14. The first-order chi connectivity index (χ1) is 7.00. The smallest absolute Gasteiger partial charge is 0.160 e. The minimum Gasteiger partial charge on any atom is -0.378 e. The molecule has 5 nitrogen and oxygen atoms in total. The fraction of sp³-hybridized carbons (Fsp3) is 0.400. The Hall–Kier alpha value is -1.78. The van der Waals surface area contributed by atoms with Crippen molar-refractivity contribution in [3.05, 3.63) is 39.9 Å². The van der Waals surface area contributed by atoms with E-state index in [-0.39, 0.29) is 0 Å². The highest BCUT2D eigenvalue weighted by atomic mass is 16.7. The molecule has 0 amide bonds. The number of benzene rings is 1. The summed E-state index contributed by atoms with van der Waals surface area (Å²) in [4.78, 5) is 12.4. The van der Waals surface area contributed by atoms with E-state index in [4.69, 9.17) is 0 Å². The summed E-state index contributed by atoms with van der Waals surface area (Å²) in [5, 5.41) is 11.0. The van der Waals surface area contributed by atoms with Crippen LogP contribution in [0.4, 0.5) is 5.69 Å². The molecule has 0 spiro atoms. The van der Waals surface area contributed by atoms with E-state index in [1.165, 1.54) is 7.05 Å². The average molecular weight is 209 g/mol. The molecule has 0 aromatic heterocycles. The van der Waals surface area contributed by atoms with Gasteiger partial charge in [-0.15, -0.1) is 5.01 Å². The maximum Gasteiger partial charge on any atom is 0.160 e. The zero-order valence-electron chi connectivity index (χ0n) is 9.17. The molecule has 0 saturated heterocycles. The molecule has 0 aliphatic rings. The highest BCUT2D eigenvalue weighted by Gasteiger charge is 2.07. The molecule has 0 atom stereocenters. The molecule has 5 heteroatoms. The quantitative estimate of drug-likeness (QED) is 0.555. The van der Waals surface area contributed by atoms with Crippen molar-refractivity contribution >= 4 is 5.69 Å². The Morgan fingerprint density at radius 1 is 1.20 bits per heavy atom. The Balaban J connectivity index is 2.68. The normalized spacial score (nSPS) is 9.80. The highest BCUT2D eigenvalue weighted by Crippen LogP contribution is 2.13. The molecule has 0 fully saturated rings. The molecule has 1 aromatic carbocycles. The van der Waals surface area contributed by atoms with Gasteiger partial charge in [0.15, 0.2) is 5.03 Å². The first kappa shape index (κ1) is 11.3. The van der Waals surface area contributed by atoms with Crippen molar-refractivity contribution in [1.82, 2.24) is 5.01 Å². The van der Waals surface area contributed by atoms with Crippen molar-refractivity contribution in [1.29, 1.82) is 0 Å². The monoisotopic (exact) mass is 209 g/mol. The Morgan fingerprint density at radius 2 is 1.73 bits per heavy atom. The predicted octanol–water partition coefficient (Wildman–Crippen LogP) is 1.38. The number of anilines is 1. The van der Waals surface area contributed by atoms with Crippen molar-refractivity contribution in [3.8, 4) is 0 Å². The molecule has 0 unspecified atom stereocenters. The fourth-order valence-electron chi connectivity index (χ4n) is 1.22. The van der Waals surface area contributed by atoms with E-state index in [1.54, 1.807) is 0 Å². The molecule has 0 bridgehead atoms. The van der Waals surface area contributed by atoms with Gasteiger partial charge in [0.2, 0.25) is 0 Å². The topological polar surface area (TPSA) is 49.6 Å². The molecule has 15 heavy (non-hydrogen) atoms. The number of nitrogens with zero attached hydrogens (tertiary/aromatic N) is 3. The molecule has 1 rings (SSSR count). The third-order valence-corrected chi connectivity index (χ3v) is 2.14. The second-order valence-electron chi connectivity index (χ2n) is 3.61. The molecule has 1 aromatic rings. The van der Waals surface area contributed by atoms with Gasteiger partial charge < -0.3 is 4.90 Å². The average Bonchev–Trinajstić information content (AvgIpc) is 2.18. The molecule has 0 heterocycles. The lowest BCUT2D eigenvalue weighted by Crippen LogP contribution is -2.24. The van der Waals surface area contributed by atoms with Crippen molar-refractivity contribution < 1.29 is 5.03 Å². The SMILES string of the molecule is CN(C)c1ccc(CN(C)[N+](=O)[O-])cc1. The summed E-state index contributed by atoms with van der Waals surface area (Å²) < 4.78 is 0. The summed E-state index contributed by atoms with van der Waals surface area (Å²) in [5.41, 5.74) is 2.02. The van der Waals surface area contributed by atoms with Gasteiger partial charge in [-0.1, -0.05) is 12.1 Å². The summed E-state index contributed by atoms with van der Waals surface area (Å²) in [6, 6.07) is 7.69. The lowest BCUT2D eigenvalue weighted by molar-refractivity contribution is -0.652. The second-order valence-corrected chi connectivity index (χ2v) is 3.61. The van der Waals surface area contributed by atoms with Crippen LogP contribution in [0.1, 0.15) is 5.56 Å². The van der Waals surface area contributed by atoms with Gasteiger partial charge in [0, 0.05) is 19.8 Å². The standard InChI is InChI=1S/C10H15N3O2/c1-11(2)10-6-4-9(5-7-10)8-12(3)13(14)15/h4-7H,8H2,1-3H3. The van der Waals surface area contributed by atoms with Crippen LogP contribution in [0.5, 0.6) is 0 Å². The van der Waals surface area contributed by atoms with Crippen LogP contribution in [0.15, 0.2) is 24.3 Å². The van der Waals surface area contributed by atoms with Gasteiger partial charge in [-0.05, 0) is 17.7 Å². The molecule has 0 aliphatic carbocycles. The van der Waals surface area contributed by atoms with Gasteiger partial charge in [0.05, 0.1) is 7.05 Å². The van der Waals surface area contributed by atoms with Crippen molar-refractivity contribution in [2.75, 3.05) is 26.0 Å². The Morgan fingerprint density at radius 3 is 2.13 bits per heavy atom. The van der Waals surface area contributed by atoms with Crippen LogP contribution in [0.25, 0.3) is 0 Å². The summed E-state index contributed by atoms with van der Waals surface area (Å²) in [7, 11) is 5.37. The number of rotatable bonds is 4. The first-order valence-electron chi connectivity index (χ1n) is 4.62. The molecular weight excluding hydrogens is 194 g/mol. The highest BCUT2D eigenvalue weighted by molar-refractivity contribution is 5.45. The number of hydrogen-bond donors (Lipinski definition) is 0. The van der Waals surface area contributed by atoms with Gasteiger partial charge in [-0.3, -0.25) is 0 Å². The zero-order chi connectivity index (χ0) is 11.4. The summed E-state index contributed by atoms with van der Waals surface area (Å²) in [6.45, 7) is 0.320. The van der Waals surface area contributed by atoms with E-state index >= 15 is 0 Å². The molecule has 0 radical (unpaired) electrons. The van der Waals surface area contributed by atoms with Crippen LogP contribution in [0.3, 0.4) is 0 Å². The van der Waals surface area contributed by atoms with Crippen LogP contribution in [-0.2, 0) is 6.54 Å². The molecule has 0 N–H and O–H groups in total. The first-order valence-corrected chi connectivity index (χ1v) is 4.62. The zero-order valence-corrected chi connectivity index (χ0v) is 9.17. The third kappa shape index (κ3) is 3.12. The Labute approximate surface area is 89.0 Å². The molecule has 82 valence electrons. The van der Waals surface area contributed by atoms with Crippen molar-refractivity contribution in [2.24, 2.45) is 0 Å². The van der Waals surface area contributed by atoms with E-state index in [2.05, 4.69) is 0 Å². The summed E-state index contributed by atoms with van der Waals surface area (Å²) in [5.74, 6) is 0. The predicted molar refractivity (Wildman–Crippen MR) is 59.2 cm³/mol. The Bertz CT molecular complexity index is 335. The van der Waals surface area contributed by atoms with Gasteiger partial charge in [-0.2, -0.15) is 0 Å². The Kier molecular flexibility index (Phi) is 3.49. The van der Waals surface area contributed by atoms with E-state index in [1.807, 2.05) is 43.3 Å². The molecular formula is C10H15N3O2. The van der Waals surface area contributed by atoms with E-state index < -0.39 is 5.03 Å². The van der Waals surface area contributed by atoms with Crippen molar-refractivity contribution in [3.63, 3.8) is 0 Å². The second kappa shape index (κ2) is 4.63. The van der Waals surface area contributed by atoms with E-state index in [9.17, 15) is 10.1 Å². The summed E-state index contributed by atoms with van der Waals surface area (Å²) in [6.07, 6.45) is 0. The summed E-state index contributed by atoms with van der Waals surface area (Å²) >= 11 is 0. The van der Waals surface area contributed by atoms with Crippen LogP contribution < -0.4 is 4.90 Å². The van der Waals surface area contributed by atoms with Crippen LogP contribution in [-0.4, -0.2) is 31.2 Å². The molecule has 0 saturated carbocycles. The minimum atomic E-state index is -0.417. The molecule has 0 aliphatic heterocycles. The van der Waals surface area contributed by atoms with Crippen LogP contribution in [0.2, 0.25) is 0 Å². The fourth-order valence-corrected chi connectivity index (χ4v) is 1.22. The van der Waals surface area contributed by atoms with E-state index in [0.29, 0.717) is 6.54 Å². The number of hydrogen-bond acceptors (Lipinski definition) is 3. The van der Waals surface area contributed by atoms with Gasteiger partial charge in [0.25, 0.3) is 0 Å². The van der Waals surface area contributed by atoms with Crippen LogP contribution >= 0.6 is 0 Å². The minimum absolute atomic E-state index is 0.320. The van der Waals surface area contributed by atoms with Crippen molar-refractivity contribution in [2.45, 2.75) is 6.54 Å². The lowest BCUT2D eigenvalue weighted by Gasteiger charge is -2.13. The maximum absolute atomic E-state index is 10.4. The number of nitro groups is 1. The number of hydrazine groups is 1. The largest absolute Gasteiger partial charge is 0.378 e. The lowest BCUT2D eigenvalue weighted by atomic mass is 10.2. The van der Waals surface area contributed by atoms with Crippen LogP contribution in [0, 0.1) is 10.1 Å².